The van der Waals surface area contributed by atoms with Gasteiger partial charge >= 0.3 is 0 Å². The fourth-order valence-corrected chi connectivity index (χ4v) is 7.18. The van der Waals surface area contributed by atoms with Crippen molar-refractivity contribution < 1.29 is 4.42 Å². The summed E-state index contributed by atoms with van der Waals surface area (Å²) in [6.45, 7) is 4.20. The van der Waals surface area contributed by atoms with E-state index in [9.17, 15) is 0 Å². The first-order valence-electron chi connectivity index (χ1n) is 14.5. The number of hydrogen-bond acceptors (Lipinski definition) is 3. The molecule has 0 aliphatic heterocycles. The molecule has 4 heterocycles. The highest BCUT2D eigenvalue weighted by Crippen LogP contribution is 2.56. The van der Waals surface area contributed by atoms with Gasteiger partial charge < -0.3 is 13.6 Å². The van der Waals surface area contributed by atoms with Gasteiger partial charge in [0, 0.05) is 45.5 Å². The number of benzene rings is 3. The summed E-state index contributed by atoms with van der Waals surface area (Å²) in [7, 11) is 0. The van der Waals surface area contributed by atoms with Crippen LogP contribution in [0.2, 0.25) is 0 Å². The van der Waals surface area contributed by atoms with Gasteiger partial charge in [0.25, 0.3) is 0 Å². The van der Waals surface area contributed by atoms with E-state index in [1.165, 1.54) is 23.4 Å². The van der Waals surface area contributed by atoms with Crippen LogP contribution in [0.15, 0.2) is 94.5 Å². The molecule has 1 fully saturated rings. The topological polar surface area (TPSA) is 48.2 Å². The summed E-state index contributed by atoms with van der Waals surface area (Å²) in [5.41, 5.74) is 12.2. The molecular weight excluding hydrogens is 504 g/mol. The molecule has 5 heteroatoms. The minimum Gasteiger partial charge on any atom is -0.454 e. The summed E-state index contributed by atoms with van der Waals surface area (Å²) >= 11 is 0. The molecule has 2 aliphatic rings. The number of allylic oxidation sites excluding steroid dienone is 1. The van der Waals surface area contributed by atoms with E-state index >= 15 is 0 Å². The average molecular weight is 533 g/mol. The van der Waals surface area contributed by atoms with E-state index < -0.39 is 0 Å². The maximum absolute atomic E-state index is 6.67. The lowest BCUT2D eigenvalue weighted by Crippen LogP contribution is -2.04. The van der Waals surface area contributed by atoms with Crippen molar-refractivity contribution in [1.29, 1.82) is 0 Å². The van der Waals surface area contributed by atoms with Crippen molar-refractivity contribution in [2.45, 2.75) is 32.6 Å². The second-order valence-corrected chi connectivity index (χ2v) is 11.2. The van der Waals surface area contributed by atoms with Crippen LogP contribution in [0.25, 0.3) is 61.3 Å². The number of rotatable bonds is 4. The lowest BCUT2D eigenvalue weighted by Gasteiger charge is -2.16. The van der Waals surface area contributed by atoms with Crippen LogP contribution < -0.4 is 0 Å². The van der Waals surface area contributed by atoms with Crippen LogP contribution in [0.1, 0.15) is 43.1 Å². The molecule has 198 valence electrons. The quantitative estimate of drug-likeness (QED) is 0.212. The molecule has 2 unspecified atom stereocenters. The van der Waals surface area contributed by atoms with Gasteiger partial charge in [0.05, 0.1) is 33.6 Å². The van der Waals surface area contributed by atoms with E-state index in [1.807, 2.05) is 31.5 Å². The predicted octanol–water partition coefficient (Wildman–Crippen LogP) is 9.28. The van der Waals surface area contributed by atoms with Gasteiger partial charge in [0.1, 0.15) is 5.58 Å². The summed E-state index contributed by atoms with van der Waals surface area (Å²) in [5, 5.41) is 3.39. The first-order valence-corrected chi connectivity index (χ1v) is 14.5. The maximum Gasteiger partial charge on any atom is 0.159 e. The number of furan rings is 1. The molecule has 0 radical (unpaired) electrons. The Kier molecular flexibility index (Phi) is 4.63. The highest BCUT2D eigenvalue weighted by atomic mass is 16.3. The van der Waals surface area contributed by atoms with Crippen LogP contribution in [0.5, 0.6) is 0 Å². The zero-order valence-electron chi connectivity index (χ0n) is 23.0. The Morgan fingerprint density at radius 2 is 1.78 bits per heavy atom. The molecule has 9 rings (SSSR count). The lowest BCUT2D eigenvalue weighted by atomic mass is 10.0. The van der Waals surface area contributed by atoms with Crippen LogP contribution in [0.3, 0.4) is 0 Å². The largest absolute Gasteiger partial charge is 0.454 e. The summed E-state index contributed by atoms with van der Waals surface area (Å²) in [6, 6.07) is 25.8. The molecule has 0 bridgehead atoms. The van der Waals surface area contributed by atoms with Crippen LogP contribution in [-0.4, -0.2) is 20.3 Å². The van der Waals surface area contributed by atoms with Crippen molar-refractivity contribution in [1.82, 2.24) is 14.1 Å². The van der Waals surface area contributed by atoms with Gasteiger partial charge in [0.15, 0.2) is 5.58 Å². The normalized spacial score (nSPS) is 17.8. The number of aromatic nitrogens is 3. The van der Waals surface area contributed by atoms with Crippen LogP contribution >= 0.6 is 0 Å². The van der Waals surface area contributed by atoms with Crippen molar-refractivity contribution >= 4 is 61.9 Å². The van der Waals surface area contributed by atoms with Crippen molar-refractivity contribution in [3.63, 3.8) is 0 Å². The lowest BCUT2D eigenvalue weighted by molar-refractivity contribution is 0.665. The van der Waals surface area contributed by atoms with Gasteiger partial charge in [0.2, 0.25) is 0 Å². The Labute approximate surface area is 237 Å². The number of nitrogens with zero attached hydrogens (tertiary/aromatic N) is 4. The zero-order valence-corrected chi connectivity index (χ0v) is 23.0. The fraction of sp³-hybridized carbons (Fsp3) is 0.167. The first-order chi connectivity index (χ1) is 20.3. The molecular formula is C36H28N4O. The van der Waals surface area contributed by atoms with Crippen molar-refractivity contribution in [2.75, 3.05) is 0 Å². The fourth-order valence-electron chi connectivity index (χ4n) is 7.18. The maximum atomic E-state index is 6.67. The molecule has 0 spiro atoms. The molecule has 7 aromatic rings. The van der Waals surface area contributed by atoms with Crippen molar-refractivity contribution in [3.05, 3.63) is 102 Å². The highest BCUT2D eigenvalue weighted by Gasteiger charge is 2.43. The van der Waals surface area contributed by atoms with Crippen LogP contribution in [-0.2, 0) is 6.42 Å². The molecule has 2 atom stereocenters. The molecule has 4 aromatic heterocycles. The molecule has 0 saturated heterocycles. The average Bonchev–Trinajstić information content (AvgIpc) is 3.46. The van der Waals surface area contributed by atoms with E-state index in [0.717, 1.165) is 67.4 Å². The minimum atomic E-state index is 0.553. The Morgan fingerprint density at radius 3 is 2.66 bits per heavy atom. The minimum absolute atomic E-state index is 0.553. The molecule has 2 aliphatic carbocycles. The molecule has 0 amide bonds. The zero-order chi connectivity index (χ0) is 27.2. The number of pyridine rings is 1. The van der Waals surface area contributed by atoms with Gasteiger partial charge in [-0.15, -0.1) is 0 Å². The van der Waals surface area contributed by atoms with E-state index in [2.05, 4.69) is 88.9 Å². The van der Waals surface area contributed by atoms with Crippen molar-refractivity contribution in [3.8, 4) is 11.4 Å². The number of hydrogen-bond donors (Lipinski definition) is 0. The monoisotopic (exact) mass is 532 g/mol. The number of para-hydroxylation sites is 2. The molecule has 41 heavy (non-hydrogen) atoms. The Morgan fingerprint density at radius 1 is 0.951 bits per heavy atom. The SMILES string of the molecule is CC=Nc1c(CC)n(-c2cc(-n3c4c(c5ncccc53)C3CC3C=C4)c3oc4ccccc4c3c2)c2ccccc12. The van der Waals surface area contributed by atoms with Gasteiger partial charge in [-0.2, -0.15) is 0 Å². The molecule has 0 N–H and O–H groups in total. The van der Waals surface area contributed by atoms with E-state index in [1.54, 1.807) is 0 Å². The van der Waals surface area contributed by atoms with Gasteiger partial charge in [-0.3, -0.25) is 9.98 Å². The first kappa shape index (κ1) is 22.9. The highest BCUT2D eigenvalue weighted by molar-refractivity contribution is 6.09. The third-order valence-electron chi connectivity index (χ3n) is 8.99. The summed E-state index contributed by atoms with van der Waals surface area (Å²) in [6.07, 6.45) is 10.6. The smallest absolute Gasteiger partial charge is 0.159 e. The van der Waals surface area contributed by atoms with Crippen LogP contribution in [0.4, 0.5) is 5.69 Å². The third-order valence-corrected chi connectivity index (χ3v) is 8.99. The van der Waals surface area contributed by atoms with Gasteiger partial charge in [-0.25, -0.2) is 0 Å². The summed E-state index contributed by atoms with van der Waals surface area (Å²) in [5.74, 6) is 1.19. The van der Waals surface area contributed by atoms with Crippen LogP contribution in [0, 0.1) is 5.92 Å². The van der Waals surface area contributed by atoms with E-state index in [0.29, 0.717) is 11.8 Å². The van der Waals surface area contributed by atoms with Crippen molar-refractivity contribution in [2.24, 2.45) is 10.9 Å². The predicted molar refractivity (Wildman–Crippen MR) is 168 cm³/mol. The van der Waals surface area contributed by atoms with Gasteiger partial charge in [-0.1, -0.05) is 49.4 Å². The summed E-state index contributed by atoms with van der Waals surface area (Å²) < 4.78 is 11.4. The molecule has 3 aromatic carbocycles. The Hall–Kier alpha value is -4.90. The molecule has 5 nitrogen and oxygen atoms in total. The second-order valence-electron chi connectivity index (χ2n) is 11.2. The van der Waals surface area contributed by atoms with E-state index in [4.69, 9.17) is 14.4 Å². The molecule has 1 saturated carbocycles. The Bertz CT molecular complexity index is 2260. The number of fused-ring (bicyclic) bond motifs is 9. The number of aliphatic imine (C=N–C) groups is 1. The standard InChI is InChI=1S/C36H28N4O/c1-3-27-34(37-4-2)24-11-5-7-12-28(24)39(27)22-19-26-23-10-6-8-14-32(23)41-36(26)31(20-22)40-29-16-15-21-18-25(21)33(29)35-30(40)13-9-17-38-35/h4-17,19-21,25H,3,18H2,1-2H3. The summed E-state index contributed by atoms with van der Waals surface area (Å²) in [4.78, 5) is 9.76. The van der Waals surface area contributed by atoms with Gasteiger partial charge in [-0.05, 0) is 74.1 Å². The van der Waals surface area contributed by atoms with E-state index in [-0.39, 0.29) is 0 Å². The third kappa shape index (κ3) is 3.06. The second kappa shape index (κ2) is 8.31. The Balaban J connectivity index is 1.45.